The predicted molar refractivity (Wildman–Crippen MR) is 66.5 cm³/mol. The molecule has 1 aromatic heterocycles. The number of carbonyl (C=O) groups is 1. The maximum Gasteiger partial charge on any atom is 0.182 e. The number of H-pyrrole nitrogens is 1. The summed E-state index contributed by atoms with van der Waals surface area (Å²) in [4.78, 5) is 15.3. The Balaban J connectivity index is 1.98. The van der Waals surface area contributed by atoms with Crippen LogP contribution in [0.4, 0.5) is 0 Å². The summed E-state index contributed by atoms with van der Waals surface area (Å²) in [7, 11) is 1.65. The van der Waals surface area contributed by atoms with Crippen molar-refractivity contribution in [1.82, 2.24) is 4.98 Å². The Kier molecular flexibility index (Phi) is 2.39. The van der Waals surface area contributed by atoms with E-state index in [-0.39, 0.29) is 11.7 Å². The number of aromatic amines is 1. The third-order valence-electron chi connectivity index (χ3n) is 3.57. The van der Waals surface area contributed by atoms with E-state index < -0.39 is 0 Å². The number of benzene rings is 1. The summed E-state index contributed by atoms with van der Waals surface area (Å²) in [5.41, 5.74) is 1.73. The smallest absolute Gasteiger partial charge is 0.182 e. The van der Waals surface area contributed by atoms with Gasteiger partial charge in [0.15, 0.2) is 5.78 Å². The van der Waals surface area contributed by atoms with Gasteiger partial charge in [-0.05, 0) is 37.1 Å². The molecule has 1 N–H and O–H groups in total. The van der Waals surface area contributed by atoms with Crippen molar-refractivity contribution in [3.63, 3.8) is 0 Å². The topological polar surface area (TPSA) is 42.1 Å². The molecule has 1 aliphatic carbocycles. The fourth-order valence-corrected chi connectivity index (χ4v) is 2.26. The molecule has 1 saturated carbocycles. The highest BCUT2D eigenvalue weighted by atomic mass is 16.5. The molecule has 2 aromatic rings. The summed E-state index contributed by atoms with van der Waals surface area (Å²) in [5, 5.41) is 1.03. The Hall–Kier alpha value is -1.77. The SMILES string of the molecule is COc1ccc2[nH]c(C(=O)C3CCC3)cc2c1. The van der Waals surface area contributed by atoms with Crippen molar-refractivity contribution < 1.29 is 9.53 Å². The van der Waals surface area contributed by atoms with Gasteiger partial charge in [0.1, 0.15) is 5.75 Å². The van der Waals surface area contributed by atoms with E-state index in [9.17, 15) is 4.79 Å². The number of nitrogens with one attached hydrogen (secondary N) is 1. The van der Waals surface area contributed by atoms with Gasteiger partial charge in [0.25, 0.3) is 0 Å². The molecule has 3 heteroatoms. The number of rotatable bonds is 3. The lowest BCUT2D eigenvalue weighted by molar-refractivity contribution is 0.0851. The number of carbonyl (C=O) groups excluding carboxylic acids is 1. The third kappa shape index (κ3) is 1.71. The van der Waals surface area contributed by atoms with Crippen LogP contribution in [0.5, 0.6) is 5.75 Å². The summed E-state index contributed by atoms with van der Waals surface area (Å²) in [5.74, 6) is 1.32. The molecule has 3 rings (SSSR count). The van der Waals surface area contributed by atoms with E-state index in [0.717, 1.165) is 35.2 Å². The largest absolute Gasteiger partial charge is 0.497 e. The number of hydrogen-bond acceptors (Lipinski definition) is 2. The van der Waals surface area contributed by atoms with Gasteiger partial charge in [-0.25, -0.2) is 0 Å². The van der Waals surface area contributed by atoms with Crippen molar-refractivity contribution in [2.24, 2.45) is 5.92 Å². The second-order valence-corrected chi connectivity index (χ2v) is 4.63. The average molecular weight is 229 g/mol. The van der Waals surface area contributed by atoms with E-state index in [2.05, 4.69) is 4.98 Å². The van der Waals surface area contributed by atoms with Crippen molar-refractivity contribution in [1.29, 1.82) is 0 Å². The van der Waals surface area contributed by atoms with Crippen LogP contribution in [0, 0.1) is 5.92 Å². The van der Waals surface area contributed by atoms with Crippen LogP contribution in [-0.4, -0.2) is 17.9 Å². The first kappa shape index (κ1) is 10.4. The van der Waals surface area contributed by atoms with E-state index in [1.165, 1.54) is 6.42 Å². The normalized spacial score (nSPS) is 15.8. The molecule has 0 spiro atoms. The van der Waals surface area contributed by atoms with E-state index in [4.69, 9.17) is 4.74 Å². The number of aromatic nitrogens is 1. The first-order valence-electron chi connectivity index (χ1n) is 5.99. The van der Waals surface area contributed by atoms with Gasteiger partial charge in [0.05, 0.1) is 12.8 Å². The summed E-state index contributed by atoms with van der Waals surface area (Å²) in [6.07, 6.45) is 3.26. The summed E-state index contributed by atoms with van der Waals surface area (Å²) >= 11 is 0. The highest BCUT2D eigenvalue weighted by Crippen LogP contribution is 2.31. The van der Waals surface area contributed by atoms with Crippen LogP contribution in [0.2, 0.25) is 0 Å². The average Bonchev–Trinajstić information content (AvgIpc) is 2.68. The van der Waals surface area contributed by atoms with Crippen LogP contribution in [0.1, 0.15) is 29.8 Å². The Morgan fingerprint density at radius 3 is 2.82 bits per heavy atom. The molecule has 0 saturated heterocycles. The highest BCUT2D eigenvalue weighted by Gasteiger charge is 2.27. The quantitative estimate of drug-likeness (QED) is 0.821. The number of fused-ring (bicyclic) bond motifs is 1. The lowest BCUT2D eigenvalue weighted by Crippen LogP contribution is -2.22. The fourth-order valence-electron chi connectivity index (χ4n) is 2.26. The summed E-state index contributed by atoms with van der Waals surface area (Å²) in [6.45, 7) is 0. The molecule has 1 fully saturated rings. The summed E-state index contributed by atoms with van der Waals surface area (Å²) < 4.78 is 5.17. The Morgan fingerprint density at radius 1 is 1.35 bits per heavy atom. The maximum absolute atomic E-state index is 12.1. The van der Waals surface area contributed by atoms with Crippen molar-refractivity contribution in [3.8, 4) is 5.75 Å². The van der Waals surface area contributed by atoms with E-state index in [1.807, 2.05) is 24.3 Å². The van der Waals surface area contributed by atoms with Gasteiger partial charge in [-0.3, -0.25) is 4.79 Å². The molecule has 0 unspecified atom stereocenters. The van der Waals surface area contributed by atoms with Crippen molar-refractivity contribution in [2.75, 3.05) is 7.11 Å². The molecule has 17 heavy (non-hydrogen) atoms. The molecular formula is C14H15NO2. The third-order valence-corrected chi connectivity index (χ3v) is 3.57. The first-order valence-corrected chi connectivity index (χ1v) is 5.99. The molecule has 1 aromatic carbocycles. The van der Waals surface area contributed by atoms with Crippen LogP contribution in [0.15, 0.2) is 24.3 Å². The minimum atomic E-state index is 0.241. The number of Topliss-reactive ketones (excluding diaryl/α,β-unsaturated/α-hetero) is 1. The zero-order chi connectivity index (χ0) is 11.8. The van der Waals surface area contributed by atoms with Crippen LogP contribution in [0.25, 0.3) is 10.9 Å². The Labute approximate surface area is 99.8 Å². The molecule has 1 heterocycles. The highest BCUT2D eigenvalue weighted by molar-refractivity contribution is 6.01. The second kappa shape index (κ2) is 3.91. The predicted octanol–water partition coefficient (Wildman–Crippen LogP) is 3.16. The standard InChI is InChI=1S/C14H15NO2/c1-17-11-5-6-12-10(7-11)8-13(15-12)14(16)9-3-2-4-9/h5-9,15H,2-4H2,1H3. The van der Waals surface area contributed by atoms with Gasteiger partial charge in [-0.1, -0.05) is 6.42 Å². The van der Waals surface area contributed by atoms with Crippen molar-refractivity contribution >= 4 is 16.7 Å². The van der Waals surface area contributed by atoms with Crippen LogP contribution < -0.4 is 4.74 Å². The van der Waals surface area contributed by atoms with Gasteiger partial charge in [-0.2, -0.15) is 0 Å². The molecular weight excluding hydrogens is 214 g/mol. The van der Waals surface area contributed by atoms with Gasteiger partial charge >= 0.3 is 0 Å². The monoisotopic (exact) mass is 229 g/mol. The second-order valence-electron chi connectivity index (χ2n) is 4.63. The number of ketones is 1. The molecule has 0 aliphatic heterocycles. The van der Waals surface area contributed by atoms with E-state index >= 15 is 0 Å². The van der Waals surface area contributed by atoms with Crippen LogP contribution in [-0.2, 0) is 0 Å². The van der Waals surface area contributed by atoms with Crippen molar-refractivity contribution in [3.05, 3.63) is 30.0 Å². The van der Waals surface area contributed by atoms with Gasteiger partial charge < -0.3 is 9.72 Å². The van der Waals surface area contributed by atoms with E-state index in [1.54, 1.807) is 7.11 Å². The molecule has 0 radical (unpaired) electrons. The number of ether oxygens (including phenoxy) is 1. The number of methoxy groups -OCH3 is 1. The van der Waals surface area contributed by atoms with Crippen LogP contribution in [0.3, 0.4) is 0 Å². The lowest BCUT2D eigenvalue weighted by atomic mass is 9.81. The minimum Gasteiger partial charge on any atom is -0.497 e. The zero-order valence-corrected chi connectivity index (χ0v) is 9.82. The molecule has 1 aliphatic rings. The first-order chi connectivity index (χ1) is 8.28. The van der Waals surface area contributed by atoms with Crippen LogP contribution >= 0.6 is 0 Å². The molecule has 88 valence electrons. The van der Waals surface area contributed by atoms with Gasteiger partial charge in [0, 0.05) is 16.8 Å². The molecule has 0 atom stereocenters. The maximum atomic E-state index is 12.1. The minimum absolute atomic E-state index is 0.241. The van der Waals surface area contributed by atoms with Gasteiger partial charge in [0.2, 0.25) is 0 Å². The molecule has 3 nitrogen and oxygen atoms in total. The Morgan fingerprint density at radius 2 is 2.18 bits per heavy atom. The fraction of sp³-hybridized carbons (Fsp3) is 0.357. The van der Waals surface area contributed by atoms with Gasteiger partial charge in [-0.15, -0.1) is 0 Å². The zero-order valence-electron chi connectivity index (χ0n) is 9.82. The van der Waals surface area contributed by atoms with Crippen molar-refractivity contribution in [2.45, 2.75) is 19.3 Å². The molecule has 0 amide bonds. The molecule has 0 bridgehead atoms. The Bertz CT molecular complexity index is 567. The summed E-state index contributed by atoms with van der Waals surface area (Å²) in [6, 6.07) is 7.73. The van der Waals surface area contributed by atoms with E-state index in [0.29, 0.717) is 0 Å². The number of hydrogen-bond donors (Lipinski definition) is 1. The lowest BCUT2D eigenvalue weighted by Gasteiger charge is -2.22.